The Morgan fingerprint density at radius 2 is 1.77 bits per heavy atom. The van der Waals surface area contributed by atoms with Crippen LogP contribution < -0.4 is 19.7 Å². The second kappa shape index (κ2) is 16.1. The Kier molecular flexibility index (Phi) is 10.4. The third-order valence-corrected chi connectivity index (χ3v) is 14.9. The van der Waals surface area contributed by atoms with E-state index in [2.05, 4.69) is 54.1 Å². The summed E-state index contributed by atoms with van der Waals surface area (Å²) in [5, 5.41) is 16.0. The number of aromatic amines is 1. The molecule has 1 spiro atoms. The topological polar surface area (TPSA) is 172 Å². The lowest BCUT2D eigenvalue weighted by Gasteiger charge is -2.60. The molecule has 1 amide bonds. The van der Waals surface area contributed by atoms with Gasteiger partial charge in [0.05, 0.1) is 21.6 Å². The molecule has 3 saturated heterocycles. The van der Waals surface area contributed by atoms with E-state index in [1.807, 2.05) is 12.1 Å². The molecule has 0 radical (unpaired) electrons. The number of nitrogens with one attached hydrogen (secondary N) is 3. The van der Waals surface area contributed by atoms with Crippen molar-refractivity contribution in [2.45, 2.75) is 68.2 Å². The third-order valence-electron chi connectivity index (χ3n) is 13.5. The molecule has 10 rings (SSSR count). The van der Waals surface area contributed by atoms with Gasteiger partial charge in [-0.15, -0.1) is 0 Å². The van der Waals surface area contributed by atoms with Crippen LogP contribution in [0.15, 0.2) is 90.1 Å². The van der Waals surface area contributed by atoms with Crippen molar-refractivity contribution in [3.05, 3.63) is 112 Å². The van der Waals surface area contributed by atoms with Gasteiger partial charge in [0.15, 0.2) is 0 Å². The molecule has 318 valence electrons. The number of nitro benzene ring substituents is 1. The van der Waals surface area contributed by atoms with Gasteiger partial charge in [-0.1, -0.05) is 24.3 Å². The summed E-state index contributed by atoms with van der Waals surface area (Å²) in [5.74, 6) is 1.32. The molecule has 5 aliphatic rings. The number of nitrogens with zero attached hydrogens (tertiary/aromatic N) is 4. The van der Waals surface area contributed by atoms with Gasteiger partial charge >= 0.3 is 0 Å². The lowest BCUT2D eigenvalue weighted by atomic mass is 9.57. The van der Waals surface area contributed by atoms with E-state index in [-0.39, 0.29) is 28.3 Å². The number of aromatic nitrogens is 2. The van der Waals surface area contributed by atoms with E-state index in [1.54, 1.807) is 41.7 Å². The highest BCUT2D eigenvalue weighted by molar-refractivity contribution is 7.90. The second-order valence-corrected chi connectivity index (χ2v) is 19.5. The molecule has 5 fully saturated rings. The van der Waals surface area contributed by atoms with Gasteiger partial charge in [0, 0.05) is 80.3 Å². The lowest BCUT2D eigenvalue weighted by Crippen LogP contribution is -2.63. The number of pyridine rings is 1. The highest BCUT2D eigenvalue weighted by Crippen LogP contribution is 2.54. The molecule has 0 bridgehead atoms. The van der Waals surface area contributed by atoms with Gasteiger partial charge in [0.1, 0.15) is 22.8 Å². The van der Waals surface area contributed by atoms with Crippen LogP contribution in [0.1, 0.15) is 84.8 Å². The molecule has 2 aromatic heterocycles. The molecule has 15 heteroatoms. The van der Waals surface area contributed by atoms with E-state index >= 15 is 0 Å². The van der Waals surface area contributed by atoms with Gasteiger partial charge in [-0.25, -0.2) is 18.1 Å². The van der Waals surface area contributed by atoms with E-state index in [4.69, 9.17) is 9.47 Å². The Balaban J connectivity index is 0.828. The zero-order chi connectivity index (χ0) is 41.7. The van der Waals surface area contributed by atoms with Crippen LogP contribution in [0.4, 0.5) is 17.1 Å². The van der Waals surface area contributed by atoms with Gasteiger partial charge < -0.3 is 24.7 Å². The molecule has 3 aromatic carbocycles. The SMILES string of the molecule is O=C(NS(=O)(=O)c1ccc(NCC2CCOCC2)c([N+](=O)[O-])c1)c1ccc(N2CC3(CC(CN4CCCC4c4ccccc4C4CC4)C3)C2)cc1Oc1cnc2[nH]ccc2c1. The Bertz CT molecular complexity index is 2570. The molecule has 2 aliphatic carbocycles. The number of benzene rings is 3. The number of carbonyl (C=O) groups is 1. The van der Waals surface area contributed by atoms with Gasteiger partial charge in [-0.2, -0.15) is 0 Å². The first-order valence-electron chi connectivity index (χ1n) is 21.6. The van der Waals surface area contributed by atoms with Gasteiger partial charge in [0.25, 0.3) is 21.6 Å². The summed E-state index contributed by atoms with van der Waals surface area (Å²) in [6.45, 7) is 5.85. The van der Waals surface area contributed by atoms with Gasteiger partial charge in [-0.3, -0.25) is 19.8 Å². The van der Waals surface area contributed by atoms with Crippen molar-refractivity contribution in [1.82, 2.24) is 19.6 Å². The third kappa shape index (κ3) is 8.18. The van der Waals surface area contributed by atoms with Crippen LogP contribution in [0.25, 0.3) is 11.0 Å². The number of sulfonamides is 1. The van der Waals surface area contributed by atoms with Crippen LogP contribution in [0.3, 0.4) is 0 Å². The van der Waals surface area contributed by atoms with Crippen molar-refractivity contribution >= 4 is 44.0 Å². The van der Waals surface area contributed by atoms with Crippen molar-refractivity contribution in [2.24, 2.45) is 17.3 Å². The quantitative estimate of drug-likeness (QED) is 0.0728. The zero-order valence-electron chi connectivity index (χ0n) is 34.1. The molecular formula is C46H51N7O7S. The highest BCUT2D eigenvalue weighted by Gasteiger charge is 2.53. The maximum absolute atomic E-state index is 13.9. The number of carbonyl (C=O) groups excluding carboxylic acids is 1. The fourth-order valence-corrected chi connectivity index (χ4v) is 11.3. The van der Waals surface area contributed by atoms with Crippen molar-refractivity contribution in [2.75, 3.05) is 56.2 Å². The molecule has 1 unspecified atom stereocenters. The number of ether oxygens (including phenoxy) is 2. The minimum atomic E-state index is -4.53. The molecule has 3 N–H and O–H groups in total. The largest absolute Gasteiger partial charge is 0.455 e. The van der Waals surface area contributed by atoms with Crippen LogP contribution >= 0.6 is 0 Å². The highest BCUT2D eigenvalue weighted by atomic mass is 32.2. The molecule has 14 nitrogen and oxygen atoms in total. The normalized spacial score (nSPS) is 20.7. The first-order valence-corrected chi connectivity index (χ1v) is 23.1. The summed E-state index contributed by atoms with van der Waals surface area (Å²) < 4.78 is 41.2. The molecular weight excluding hydrogens is 795 g/mol. The van der Waals surface area contributed by atoms with Crippen molar-refractivity contribution in [1.29, 1.82) is 0 Å². The number of amides is 1. The molecule has 3 aliphatic heterocycles. The fraction of sp³-hybridized carbons (Fsp3) is 0.435. The molecule has 5 heterocycles. The Morgan fingerprint density at radius 1 is 0.967 bits per heavy atom. The summed E-state index contributed by atoms with van der Waals surface area (Å²) in [6, 6.07) is 22.1. The Labute approximate surface area is 355 Å². The molecule has 1 atom stereocenters. The van der Waals surface area contributed by atoms with Gasteiger partial charge in [-0.05, 0) is 123 Å². The number of H-pyrrole nitrogens is 1. The number of hydrogen-bond acceptors (Lipinski definition) is 11. The monoisotopic (exact) mass is 845 g/mol. The lowest BCUT2D eigenvalue weighted by molar-refractivity contribution is -0.384. The van der Waals surface area contributed by atoms with Crippen LogP contribution in [-0.2, 0) is 14.8 Å². The fourth-order valence-electron chi connectivity index (χ4n) is 10.3. The minimum absolute atomic E-state index is 0.00638. The first-order chi connectivity index (χ1) is 29.6. The maximum Gasteiger partial charge on any atom is 0.293 e. The average molecular weight is 846 g/mol. The smallest absolute Gasteiger partial charge is 0.293 e. The van der Waals surface area contributed by atoms with E-state index in [1.165, 1.54) is 50.7 Å². The maximum atomic E-state index is 13.9. The van der Waals surface area contributed by atoms with Crippen LogP contribution in [0, 0.1) is 27.4 Å². The van der Waals surface area contributed by atoms with Crippen LogP contribution in [0.2, 0.25) is 0 Å². The Hall–Kier alpha value is -5.51. The number of rotatable bonds is 14. The summed E-state index contributed by atoms with van der Waals surface area (Å²) in [7, 11) is -4.53. The van der Waals surface area contributed by atoms with Crippen molar-refractivity contribution in [3.63, 3.8) is 0 Å². The van der Waals surface area contributed by atoms with Gasteiger partial charge in [0.2, 0.25) is 0 Å². The predicted molar refractivity (Wildman–Crippen MR) is 232 cm³/mol. The molecule has 61 heavy (non-hydrogen) atoms. The number of likely N-dealkylation sites (tertiary alicyclic amines) is 1. The summed E-state index contributed by atoms with van der Waals surface area (Å²) in [6.07, 6.45) is 12.5. The van der Waals surface area contributed by atoms with E-state index < -0.39 is 31.4 Å². The van der Waals surface area contributed by atoms with Crippen LogP contribution in [0.5, 0.6) is 11.5 Å². The number of hydrogen-bond donors (Lipinski definition) is 3. The van der Waals surface area contributed by atoms with E-state index in [0.29, 0.717) is 43.1 Å². The predicted octanol–water partition coefficient (Wildman–Crippen LogP) is 8.15. The summed E-state index contributed by atoms with van der Waals surface area (Å²) >= 11 is 0. The Morgan fingerprint density at radius 3 is 2.56 bits per heavy atom. The number of fused-ring (bicyclic) bond motifs is 1. The van der Waals surface area contributed by atoms with E-state index in [9.17, 15) is 23.3 Å². The number of anilines is 2. The van der Waals surface area contributed by atoms with Crippen molar-refractivity contribution in [3.8, 4) is 11.5 Å². The summed E-state index contributed by atoms with van der Waals surface area (Å²) in [5.41, 5.74) is 4.73. The zero-order valence-corrected chi connectivity index (χ0v) is 34.9. The van der Waals surface area contributed by atoms with E-state index in [0.717, 1.165) is 62.1 Å². The standard InChI is InChI=1S/C46H51N7O7S/c54-45(50-61(57,58)36-10-12-40(42(22-36)53(55)56)48-25-30-14-18-59-19-15-30)39-11-9-34(21-43(39)60-35-20-33-13-16-47-44(33)49-26-35)52-28-46(29-52)23-31(24-46)27-51-17-3-6-41(51)38-5-2-1-4-37(38)32-7-8-32/h1-2,4-5,9-13,16,20-22,26,30-32,41,48H,3,6-8,14-15,17-19,23-25,27-29H2,(H,47,49)(H,50,54). The van der Waals surface area contributed by atoms with Crippen LogP contribution in [-0.4, -0.2) is 80.1 Å². The first kappa shape index (κ1) is 39.6. The average Bonchev–Trinajstić information content (AvgIpc) is 3.80. The summed E-state index contributed by atoms with van der Waals surface area (Å²) in [4.78, 5) is 37.4. The molecule has 5 aromatic rings. The van der Waals surface area contributed by atoms with Crippen molar-refractivity contribution < 1.29 is 27.6 Å². The molecule has 2 saturated carbocycles. The second-order valence-electron chi connectivity index (χ2n) is 17.9. The number of nitro groups is 1. The minimum Gasteiger partial charge on any atom is -0.455 e.